The summed E-state index contributed by atoms with van der Waals surface area (Å²) in [5.41, 5.74) is 5.53. The molecule has 178 valence electrons. The summed E-state index contributed by atoms with van der Waals surface area (Å²) in [7, 11) is 3.73. The molecule has 0 amide bonds. The number of carboxylic acids is 1. The van der Waals surface area contributed by atoms with Crippen molar-refractivity contribution in [1.29, 1.82) is 0 Å². The van der Waals surface area contributed by atoms with Crippen LogP contribution in [0, 0.1) is 0 Å². The summed E-state index contributed by atoms with van der Waals surface area (Å²) >= 11 is 0. The van der Waals surface area contributed by atoms with Crippen molar-refractivity contribution < 1.29 is 19.4 Å². The Morgan fingerprint density at radius 2 is 1.71 bits per heavy atom. The first-order valence-corrected chi connectivity index (χ1v) is 11.4. The molecule has 1 aliphatic rings. The third-order valence-corrected chi connectivity index (χ3v) is 6.22. The molecular formula is C27H26N4O4. The molecule has 5 rings (SSSR count). The highest BCUT2D eigenvalue weighted by molar-refractivity contribution is 5.87. The number of carboxylic acid groups (broad SMARTS) is 1. The van der Waals surface area contributed by atoms with E-state index in [2.05, 4.69) is 40.5 Å². The molecule has 8 nitrogen and oxygen atoms in total. The number of hydrogen-bond donors (Lipinski definition) is 1. The Bertz CT molecular complexity index is 1350. The second-order valence-electron chi connectivity index (χ2n) is 8.55. The van der Waals surface area contributed by atoms with Gasteiger partial charge in [-0.15, -0.1) is 5.10 Å². The zero-order valence-electron chi connectivity index (χ0n) is 19.6. The average Bonchev–Trinajstić information content (AvgIpc) is 3.27. The minimum Gasteiger partial charge on any atom is -0.497 e. The third-order valence-electron chi connectivity index (χ3n) is 6.22. The van der Waals surface area contributed by atoms with Crippen molar-refractivity contribution >= 4 is 11.7 Å². The first-order chi connectivity index (χ1) is 17.0. The molecule has 1 aliphatic heterocycles. The monoisotopic (exact) mass is 470 g/mol. The van der Waals surface area contributed by atoms with Gasteiger partial charge >= 0.3 is 5.97 Å². The summed E-state index contributed by atoms with van der Waals surface area (Å²) in [6.07, 6.45) is 2.24. The van der Waals surface area contributed by atoms with Crippen molar-refractivity contribution in [3.8, 4) is 28.5 Å². The maximum atomic E-state index is 11.7. The van der Waals surface area contributed by atoms with Gasteiger partial charge in [-0.2, -0.15) is 0 Å². The van der Waals surface area contributed by atoms with E-state index in [0.717, 1.165) is 41.8 Å². The summed E-state index contributed by atoms with van der Waals surface area (Å²) in [6, 6.07) is 21.6. The van der Waals surface area contributed by atoms with E-state index in [9.17, 15) is 9.90 Å². The normalized spacial score (nSPS) is 12.8. The first-order valence-electron chi connectivity index (χ1n) is 11.4. The molecule has 0 spiro atoms. The van der Waals surface area contributed by atoms with Crippen molar-refractivity contribution in [3.05, 3.63) is 83.6 Å². The highest BCUT2D eigenvalue weighted by Crippen LogP contribution is 2.32. The molecule has 0 radical (unpaired) electrons. The van der Waals surface area contributed by atoms with E-state index in [0.29, 0.717) is 12.3 Å². The van der Waals surface area contributed by atoms with Gasteiger partial charge in [-0.05, 0) is 71.5 Å². The molecule has 0 bridgehead atoms. The Balaban J connectivity index is 1.38. The van der Waals surface area contributed by atoms with Gasteiger partial charge < -0.3 is 19.5 Å². The highest BCUT2D eigenvalue weighted by atomic mass is 16.5. The second kappa shape index (κ2) is 9.50. The van der Waals surface area contributed by atoms with Crippen LogP contribution in [0.4, 0.5) is 5.69 Å². The number of methoxy groups -OCH3 is 1. The second-order valence-corrected chi connectivity index (χ2v) is 8.55. The summed E-state index contributed by atoms with van der Waals surface area (Å²) in [5.74, 6) is 0.128. The Morgan fingerprint density at radius 1 is 1.00 bits per heavy atom. The van der Waals surface area contributed by atoms with Crippen LogP contribution >= 0.6 is 0 Å². The number of ether oxygens (including phenoxy) is 2. The van der Waals surface area contributed by atoms with Crippen LogP contribution in [0.1, 0.15) is 28.0 Å². The zero-order chi connectivity index (χ0) is 24.4. The molecule has 0 atom stereocenters. The molecule has 0 aliphatic carbocycles. The number of nitrogens with zero attached hydrogens (tertiary/aromatic N) is 4. The third kappa shape index (κ3) is 4.68. The van der Waals surface area contributed by atoms with Gasteiger partial charge in [0.1, 0.15) is 11.5 Å². The highest BCUT2D eigenvalue weighted by Gasteiger charge is 2.22. The molecule has 1 aromatic heterocycles. The van der Waals surface area contributed by atoms with E-state index >= 15 is 0 Å². The minimum atomic E-state index is -1.20. The Hall–Kier alpha value is -4.33. The Morgan fingerprint density at radius 3 is 2.43 bits per heavy atom. The minimum absolute atomic E-state index is 0.0814. The molecule has 3 aromatic carbocycles. The van der Waals surface area contributed by atoms with Gasteiger partial charge in [0.2, 0.25) is 5.69 Å². The number of aromatic carboxylic acids is 1. The lowest BCUT2D eigenvalue weighted by Gasteiger charge is -2.27. The standard InChI is InChI=1S/C27H26N4O4/c1-30-15-3-4-21-16-20(9-14-24(21)30)19-7-12-23(13-8-19)35-26-25(27(32)33)28-29-31(26)17-18-5-10-22(34-2)11-6-18/h5-14,16H,3-4,15,17H2,1-2H3,(H,32,33). The van der Waals surface area contributed by atoms with Gasteiger partial charge in [0.25, 0.3) is 5.88 Å². The molecule has 0 fully saturated rings. The number of benzene rings is 3. The van der Waals surface area contributed by atoms with E-state index in [4.69, 9.17) is 9.47 Å². The van der Waals surface area contributed by atoms with Gasteiger partial charge in [-0.1, -0.05) is 35.5 Å². The number of carbonyl (C=O) groups is 1. The first kappa shape index (κ1) is 22.5. The van der Waals surface area contributed by atoms with Gasteiger partial charge in [0.15, 0.2) is 0 Å². The number of anilines is 1. The van der Waals surface area contributed by atoms with Crippen LogP contribution in [0.3, 0.4) is 0 Å². The molecule has 4 aromatic rings. The van der Waals surface area contributed by atoms with Crippen LogP contribution in [-0.4, -0.2) is 46.8 Å². The Labute approximate surface area is 203 Å². The lowest BCUT2D eigenvalue weighted by Crippen LogP contribution is -2.24. The van der Waals surface area contributed by atoms with E-state index in [1.807, 2.05) is 48.5 Å². The fraction of sp³-hybridized carbons (Fsp3) is 0.222. The Kier molecular flexibility index (Phi) is 6.10. The predicted molar refractivity (Wildman–Crippen MR) is 133 cm³/mol. The molecule has 0 unspecified atom stereocenters. The molecule has 35 heavy (non-hydrogen) atoms. The topological polar surface area (TPSA) is 89.7 Å². The molecule has 8 heteroatoms. The SMILES string of the molecule is COc1ccc(Cn2nnc(C(=O)O)c2Oc2ccc(-c3ccc4c(c3)CCCN4C)cc2)cc1. The lowest BCUT2D eigenvalue weighted by molar-refractivity contribution is 0.0687. The van der Waals surface area contributed by atoms with Crippen molar-refractivity contribution in [1.82, 2.24) is 15.0 Å². The van der Waals surface area contributed by atoms with Gasteiger partial charge in [0.05, 0.1) is 13.7 Å². The van der Waals surface area contributed by atoms with Crippen LogP contribution < -0.4 is 14.4 Å². The molecule has 2 heterocycles. The number of hydrogen-bond acceptors (Lipinski definition) is 6. The smallest absolute Gasteiger partial charge is 0.362 e. The maximum Gasteiger partial charge on any atom is 0.362 e. The molecule has 0 saturated carbocycles. The fourth-order valence-corrected chi connectivity index (χ4v) is 4.34. The van der Waals surface area contributed by atoms with Crippen molar-refractivity contribution in [2.24, 2.45) is 0 Å². The molecular weight excluding hydrogens is 444 g/mol. The van der Waals surface area contributed by atoms with Crippen LogP contribution in [0.2, 0.25) is 0 Å². The summed E-state index contributed by atoms with van der Waals surface area (Å²) < 4.78 is 12.6. The number of aryl methyl sites for hydroxylation is 1. The largest absolute Gasteiger partial charge is 0.497 e. The summed E-state index contributed by atoms with van der Waals surface area (Å²) in [6.45, 7) is 1.39. The van der Waals surface area contributed by atoms with E-state index < -0.39 is 5.97 Å². The number of rotatable bonds is 7. The average molecular weight is 471 g/mol. The van der Waals surface area contributed by atoms with Crippen LogP contribution in [-0.2, 0) is 13.0 Å². The van der Waals surface area contributed by atoms with Crippen molar-refractivity contribution in [2.75, 3.05) is 25.6 Å². The fourth-order valence-electron chi connectivity index (χ4n) is 4.34. The van der Waals surface area contributed by atoms with Gasteiger partial charge in [0, 0.05) is 19.3 Å². The van der Waals surface area contributed by atoms with E-state index in [-0.39, 0.29) is 11.6 Å². The van der Waals surface area contributed by atoms with Crippen molar-refractivity contribution in [3.63, 3.8) is 0 Å². The lowest BCUT2D eigenvalue weighted by atomic mass is 9.96. The van der Waals surface area contributed by atoms with Crippen molar-refractivity contribution in [2.45, 2.75) is 19.4 Å². The number of aromatic nitrogens is 3. The predicted octanol–water partition coefficient (Wildman–Crippen LogP) is 4.87. The van der Waals surface area contributed by atoms with E-state index in [1.54, 1.807) is 7.11 Å². The summed E-state index contributed by atoms with van der Waals surface area (Å²) in [5, 5.41) is 17.4. The van der Waals surface area contributed by atoms with Crippen LogP contribution in [0.15, 0.2) is 66.7 Å². The maximum absolute atomic E-state index is 11.7. The van der Waals surface area contributed by atoms with Crippen LogP contribution in [0.5, 0.6) is 17.4 Å². The van der Waals surface area contributed by atoms with E-state index in [1.165, 1.54) is 15.9 Å². The zero-order valence-corrected chi connectivity index (χ0v) is 19.6. The number of fused-ring (bicyclic) bond motifs is 1. The van der Waals surface area contributed by atoms with Gasteiger partial charge in [-0.3, -0.25) is 0 Å². The molecule has 0 saturated heterocycles. The summed E-state index contributed by atoms with van der Waals surface area (Å²) in [4.78, 5) is 14.0. The quantitative estimate of drug-likeness (QED) is 0.412. The van der Waals surface area contributed by atoms with Crippen LogP contribution in [0.25, 0.3) is 11.1 Å². The van der Waals surface area contributed by atoms with Gasteiger partial charge in [-0.25, -0.2) is 9.48 Å². The molecule has 1 N–H and O–H groups in total.